The molecule has 0 aromatic heterocycles. The van der Waals surface area contributed by atoms with Crippen molar-refractivity contribution in [3.8, 4) is 0 Å². The number of likely N-dealkylation sites (N-methyl/N-ethyl adjacent to an activating group) is 1. The summed E-state index contributed by atoms with van der Waals surface area (Å²) in [7, 11) is -1.37. The van der Waals surface area contributed by atoms with Gasteiger partial charge in [0.1, 0.15) is 0 Å². The van der Waals surface area contributed by atoms with Gasteiger partial charge >= 0.3 is 0 Å². The Bertz CT molecular complexity index is 1020. The van der Waals surface area contributed by atoms with Crippen LogP contribution in [0.25, 0.3) is 0 Å². The van der Waals surface area contributed by atoms with Crippen molar-refractivity contribution in [1.82, 2.24) is 19.0 Å². The van der Waals surface area contributed by atoms with Gasteiger partial charge in [-0.05, 0) is 43.8 Å². The fourth-order valence-electron chi connectivity index (χ4n) is 4.19. The zero-order chi connectivity index (χ0) is 22.7. The van der Waals surface area contributed by atoms with Crippen molar-refractivity contribution in [2.24, 2.45) is 0 Å². The van der Waals surface area contributed by atoms with E-state index in [1.165, 1.54) is 0 Å². The Balaban J connectivity index is 1.30. The molecule has 8 heteroatoms. The van der Waals surface area contributed by atoms with Crippen LogP contribution in [-0.4, -0.2) is 92.7 Å². The van der Waals surface area contributed by atoms with Crippen molar-refractivity contribution < 1.29 is 13.2 Å². The lowest BCUT2D eigenvalue weighted by Crippen LogP contribution is -2.48. The highest BCUT2D eigenvalue weighted by Gasteiger charge is 2.28. The third-order valence-corrected chi connectivity index (χ3v) is 8.30. The molecule has 4 rings (SSSR count). The molecular formula is C24H32N4O3S. The number of carbonyl (C=O) groups is 1. The number of piperazine rings is 2. The molecule has 2 heterocycles. The average Bonchev–Trinajstić information content (AvgIpc) is 2.80. The van der Waals surface area contributed by atoms with E-state index in [4.69, 9.17) is 0 Å². The van der Waals surface area contributed by atoms with Gasteiger partial charge in [0.2, 0.25) is 10.0 Å². The quantitative estimate of drug-likeness (QED) is 0.688. The topological polar surface area (TPSA) is 64.2 Å². The average molecular weight is 457 g/mol. The lowest BCUT2D eigenvalue weighted by atomic mass is 10.1. The highest BCUT2D eigenvalue weighted by atomic mass is 32.2. The summed E-state index contributed by atoms with van der Waals surface area (Å²) in [4.78, 5) is 19.5. The maximum Gasteiger partial charge on any atom is 0.253 e. The maximum atomic E-state index is 12.9. The molecule has 0 atom stereocenters. The van der Waals surface area contributed by atoms with Crippen molar-refractivity contribution in [1.29, 1.82) is 0 Å². The number of nitrogens with zero attached hydrogens (tertiary/aromatic N) is 4. The molecule has 2 aliphatic rings. The molecule has 1 amide bonds. The van der Waals surface area contributed by atoms with E-state index >= 15 is 0 Å². The minimum Gasteiger partial charge on any atom is -0.336 e. The molecule has 2 saturated heterocycles. The largest absolute Gasteiger partial charge is 0.336 e. The van der Waals surface area contributed by atoms with Crippen molar-refractivity contribution in [3.05, 3.63) is 65.2 Å². The molecule has 0 saturated carbocycles. The van der Waals surface area contributed by atoms with Crippen LogP contribution in [0, 0.1) is 6.92 Å². The molecule has 172 valence electrons. The third kappa shape index (κ3) is 5.20. The maximum absolute atomic E-state index is 12.9. The lowest BCUT2D eigenvalue weighted by Gasteiger charge is -2.34. The van der Waals surface area contributed by atoms with Crippen LogP contribution in [0.1, 0.15) is 21.5 Å². The molecule has 2 fully saturated rings. The highest BCUT2D eigenvalue weighted by Crippen LogP contribution is 2.19. The van der Waals surface area contributed by atoms with Crippen LogP contribution in [0.3, 0.4) is 0 Å². The van der Waals surface area contributed by atoms with Gasteiger partial charge in [0.15, 0.2) is 0 Å². The number of hydrogen-bond donors (Lipinski definition) is 0. The standard InChI is InChI=1S/C24H32N4O3S/c1-20-3-9-23(10-4-20)32(30,31)28-17-13-26(14-18-28)19-21-5-7-22(8-6-21)24(29)27-15-11-25(2)12-16-27/h3-10H,11-19H2,1-2H3. The summed E-state index contributed by atoms with van der Waals surface area (Å²) in [6.45, 7) is 8.41. The Hall–Kier alpha value is -2.26. The first kappa shape index (κ1) is 22.9. The second kappa shape index (κ2) is 9.70. The minimum atomic E-state index is -3.44. The van der Waals surface area contributed by atoms with Crippen LogP contribution in [-0.2, 0) is 16.6 Å². The predicted octanol–water partition coefficient (Wildman–Crippen LogP) is 1.89. The van der Waals surface area contributed by atoms with E-state index in [1.807, 2.05) is 48.2 Å². The van der Waals surface area contributed by atoms with E-state index in [9.17, 15) is 13.2 Å². The van der Waals surface area contributed by atoms with Crippen LogP contribution in [0.15, 0.2) is 53.4 Å². The predicted molar refractivity (Wildman–Crippen MR) is 125 cm³/mol. The zero-order valence-electron chi connectivity index (χ0n) is 18.9. The first-order valence-corrected chi connectivity index (χ1v) is 12.6. The van der Waals surface area contributed by atoms with Crippen molar-refractivity contribution in [2.75, 3.05) is 59.4 Å². The molecule has 2 aromatic rings. The zero-order valence-corrected chi connectivity index (χ0v) is 19.7. The van der Waals surface area contributed by atoms with E-state index in [-0.39, 0.29) is 5.91 Å². The summed E-state index contributed by atoms with van der Waals surface area (Å²) >= 11 is 0. The van der Waals surface area contributed by atoms with E-state index in [1.54, 1.807) is 16.4 Å². The summed E-state index contributed by atoms with van der Waals surface area (Å²) in [6, 6.07) is 14.9. The van der Waals surface area contributed by atoms with Crippen LogP contribution < -0.4 is 0 Å². The van der Waals surface area contributed by atoms with E-state index in [2.05, 4.69) is 16.8 Å². The summed E-state index contributed by atoms with van der Waals surface area (Å²) < 4.78 is 27.3. The van der Waals surface area contributed by atoms with Gasteiger partial charge in [0, 0.05) is 64.5 Å². The van der Waals surface area contributed by atoms with E-state index in [0.717, 1.165) is 49.4 Å². The Morgan fingerprint density at radius 1 is 0.812 bits per heavy atom. The van der Waals surface area contributed by atoms with Gasteiger partial charge < -0.3 is 9.80 Å². The Kier molecular flexibility index (Phi) is 6.95. The molecule has 0 unspecified atom stereocenters. The normalized spacial score (nSPS) is 19.2. The van der Waals surface area contributed by atoms with E-state index in [0.29, 0.717) is 31.1 Å². The van der Waals surface area contributed by atoms with Crippen LogP contribution in [0.2, 0.25) is 0 Å². The number of rotatable bonds is 5. The van der Waals surface area contributed by atoms with Gasteiger partial charge in [0.25, 0.3) is 5.91 Å². The van der Waals surface area contributed by atoms with Gasteiger partial charge in [-0.1, -0.05) is 29.8 Å². The highest BCUT2D eigenvalue weighted by molar-refractivity contribution is 7.89. The fraction of sp³-hybridized carbons (Fsp3) is 0.458. The second-order valence-corrected chi connectivity index (χ2v) is 10.7. The summed E-state index contributed by atoms with van der Waals surface area (Å²) in [5.74, 6) is 0.0968. The number of aryl methyl sites for hydroxylation is 1. The molecule has 2 aliphatic heterocycles. The molecule has 7 nitrogen and oxygen atoms in total. The fourth-order valence-corrected chi connectivity index (χ4v) is 5.61. The Morgan fingerprint density at radius 3 is 2.00 bits per heavy atom. The number of benzene rings is 2. The van der Waals surface area contributed by atoms with Crippen molar-refractivity contribution >= 4 is 15.9 Å². The summed E-state index contributed by atoms with van der Waals surface area (Å²) in [5.41, 5.74) is 2.91. The smallest absolute Gasteiger partial charge is 0.253 e. The minimum absolute atomic E-state index is 0.0968. The molecule has 0 radical (unpaired) electrons. The SMILES string of the molecule is Cc1ccc(S(=O)(=O)N2CCN(Cc3ccc(C(=O)N4CCN(C)CC4)cc3)CC2)cc1. The summed E-state index contributed by atoms with van der Waals surface area (Å²) in [6.07, 6.45) is 0. The Labute approximate surface area is 191 Å². The van der Waals surface area contributed by atoms with Crippen LogP contribution >= 0.6 is 0 Å². The van der Waals surface area contributed by atoms with Crippen molar-refractivity contribution in [2.45, 2.75) is 18.4 Å². The molecule has 0 spiro atoms. The second-order valence-electron chi connectivity index (χ2n) is 8.79. The number of carbonyl (C=O) groups excluding carboxylic acids is 1. The van der Waals surface area contributed by atoms with Gasteiger partial charge in [-0.2, -0.15) is 4.31 Å². The first-order valence-electron chi connectivity index (χ1n) is 11.2. The van der Waals surface area contributed by atoms with Crippen molar-refractivity contribution in [3.63, 3.8) is 0 Å². The van der Waals surface area contributed by atoms with Crippen LogP contribution in [0.5, 0.6) is 0 Å². The molecular weight excluding hydrogens is 424 g/mol. The first-order chi connectivity index (χ1) is 15.3. The Morgan fingerprint density at radius 2 is 1.41 bits per heavy atom. The van der Waals surface area contributed by atoms with E-state index < -0.39 is 10.0 Å². The molecule has 32 heavy (non-hydrogen) atoms. The third-order valence-electron chi connectivity index (χ3n) is 6.39. The van der Waals surface area contributed by atoms with Gasteiger partial charge in [0.05, 0.1) is 4.90 Å². The molecule has 0 N–H and O–H groups in total. The number of amides is 1. The van der Waals surface area contributed by atoms with Gasteiger partial charge in [-0.3, -0.25) is 9.69 Å². The summed E-state index contributed by atoms with van der Waals surface area (Å²) in [5, 5.41) is 0. The van der Waals surface area contributed by atoms with Gasteiger partial charge in [-0.25, -0.2) is 8.42 Å². The van der Waals surface area contributed by atoms with Gasteiger partial charge in [-0.15, -0.1) is 0 Å². The molecule has 0 bridgehead atoms. The molecule has 2 aromatic carbocycles. The number of hydrogen-bond acceptors (Lipinski definition) is 5. The number of sulfonamides is 1. The monoisotopic (exact) mass is 456 g/mol. The molecule has 0 aliphatic carbocycles. The van der Waals surface area contributed by atoms with Crippen LogP contribution in [0.4, 0.5) is 0 Å². The lowest BCUT2D eigenvalue weighted by molar-refractivity contribution is 0.0664.